The molecule has 0 aliphatic heterocycles. The minimum absolute atomic E-state index is 0.236. The Hall–Kier alpha value is -3.42. The van der Waals surface area contributed by atoms with Gasteiger partial charge in [-0.05, 0) is 42.0 Å². The topological polar surface area (TPSA) is 50.2 Å². The van der Waals surface area contributed by atoms with Gasteiger partial charge >= 0.3 is 5.97 Å². The monoisotopic (exact) mass is 355 g/mol. The maximum absolute atomic E-state index is 11.8. The van der Waals surface area contributed by atoms with Crippen molar-refractivity contribution in [2.75, 3.05) is 0 Å². The summed E-state index contributed by atoms with van der Waals surface area (Å²) >= 11 is 1.56. The van der Waals surface area contributed by atoms with Crippen LogP contribution in [0, 0.1) is 11.8 Å². The Morgan fingerprint density at radius 2 is 1.81 bits per heavy atom. The molecule has 4 rings (SSSR count). The Kier molecular flexibility index (Phi) is 4.22. The van der Waals surface area contributed by atoms with Crippen molar-refractivity contribution in [2.45, 2.75) is 0 Å². The lowest BCUT2D eigenvalue weighted by Crippen LogP contribution is -2.01. The third-order valence-corrected chi connectivity index (χ3v) is 4.84. The van der Waals surface area contributed by atoms with Crippen LogP contribution in [0.3, 0.4) is 0 Å². The smallest absolute Gasteiger partial charge is 0.336 e. The fraction of sp³-hybridized carbons (Fsp3) is 0. The zero-order valence-corrected chi connectivity index (χ0v) is 14.5. The highest BCUT2D eigenvalue weighted by Gasteiger charge is 2.15. The highest BCUT2D eigenvalue weighted by Crippen LogP contribution is 2.31. The van der Waals surface area contributed by atoms with E-state index in [0.717, 1.165) is 21.3 Å². The predicted octanol–water partition coefficient (Wildman–Crippen LogP) is 5.06. The van der Waals surface area contributed by atoms with Crippen LogP contribution in [0.25, 0.3) is 21.3 Å². The van der Waals surface area contributed by atoms with Gasteiger partial charge in [-0.2, -0.15) is 0 Å². The van der Waals surface area contributed by atoms with E-state index in [2.05, 4.69) is 16.8 Å². The molecule has 1 heterocycles. The van der Waals surface area contributed by atoms with Gasteiger partial charge in [-0.1, -0.05) is 42.2 Å². The lowest BCUT2D eigenvalue weighted by Gasteiger charge is -2.09. The Morgan fingerprint density at radius 3 is 2.62 bits per heavy atom. The van der Waals surface area contributed by atoms with E-state index in [4.69, 9.17) is 0 Å². The third-order valence-electron chi connectivity index (χ3n) is 4.03. The summed E-state index contributed by atoms with van der Waals surface area (Å²) in [5, 5.41) is 9.65. The molecule has 3 aromatic carbocycles. The van der Waals surface area contributed by atoms with Crippen molar-refractivity contribution >= 4 is 27.5 Å². The van der Waals surface area contributed by atoms with Crippen LogP contribution in [0.5, 0.6) is 0 Å². The number of fused-ring (bicyclic) bond motifs is 1. The van der Waals surface area contributed by atoms with Gasteiger partial charge in [0.15, 0.2) is 0 Å². The van der Waals surface area contributed by atoms with E-state index in [9.17, 15) is 9.90 Å². The standard InChI is InChI=1S/C22H13NO2S/c24-22(25)18-8-4-7-16(10-9-15-5-2-1-3-6-15)21(18)17-11-12-20-19(13-17)23-14-26-20/h1-8,11-14H,(H,24,25). The summed E-state index contributed by atoms with van der Waals surface area (Å²) < 4.78 is 1.07. The number of aromatic nitrogens is 1. The molecule has 0 fully saturated rings. The second kappa shape index (κ2) is 6.83. The van der Waals surface area contributed by atoms with Gasteiger partial charge in [-0.25, -0.2) is 9.78 Å². The third kappa shape index (κ3) is 3.08. The molecule has 0 unspecified atom stereocenters. The molecule has 0 atom stereocenters. The molecule has 1 N–H and O–H groups in total. The number of hydrogen-bond acceptors (Lipinski definition) is 3. The van der Waals surface area contributed by atoms with Gasteiger partial charge < -0.3 is 5.11 Å². The molecule has 0 spiro atoms. The van der Waals surface area contributed by atoms with Crippen molar-refractivity contribution in [3.8, 4) is 23.0 Å². The van der Waals surface area contributed by atoms with Crippen molar-refractivity contribution in [1.29, 1.82) is 0 Å². The first-order valence-corrected chi connectivity index (χ1v) is 8.87. The van der Waals surface area contributed by atoms with E-state index in [1.54, 1.807) is 29.0 Å². The summed E-state index contributed by atoms with van der Waals surface area (Å²) in [6, 6.07) is 20.6. The molecule has 0 bridgehead atoms. The van der Waals surface area contributed by atoms with Crippen LogP contribution < -0.4 is 0 Å². The van der Waals surface area contributed by atoms with E-state index in [1.807, 2.05) is 54.6 Å². The summed E-state index contributed by atoms with van der Waals surface area (Å²) in [6.45, 7) is 0. The summed E-state index contributed by atoms with van der Waals surface area (Å²) in [4.78, 5) is 16.1. The molecule has 4 heteroatoms. The normalized spacial score (nSPS) is 10.3. The van der Waals surface area contributed by atoms with Gasteiger partial charge in [-0.3, -0.25) is 0 Å². The highest BCUT2D eigenvalue weighted by molar-refractivity contribution is 7.16. The SMILES string of the molecule is O=C(O)c1cccc(C#Cc2ccccc2)c1-c1ccc2scnc2c1. The van der Waals surface area contributed by atoms with E-state index in [0.29, 0.717) is 11.1 Å². The second-order valence-electron chi connectivity index (χ2n) is 5.68. The number of hydrogen-bond donors (Lipinski definition) is 1. The van der Waals surface area contributed by atoms with Crippen molar-refractivity contribution < 1.29 is 9.90 Å². The van der Waals surface area contributed by atoms with Crippen LogP contribution in [0.1, 0.15) is 21.5 Å². The van der Waals surface area contributed by atoms with Crippen LogP contribution in [-0.2, 0) is 0 Å². The van der Waals surface area contributed by atoms with E-state index >= 15 is 0 Å². The molecule has 124 valence electrons. The van der Waals surface area contributed by atoms with Gasteiger partial charge in [-0.15, -0.1) is 11.3 Å². The molecular weight excluding hydrogens is 342 g/mol. The minimum Gasteiger partial charge on any atom is -0.478 e. The first-order chi connectivity index (χ1) is 12.7. The molecule has 0 aliphatic rings. The quantitative estimate of drug-likeness (QED) is 0.511. The van der Waals surface area contributed by atoms with E-state index in [-0.39, 0.29) is 5.56 Å². The maximum Gasteiger partial charge on any atom is 0.336 e. The summed E-state index contributed by atoms with van der Waals surface area (Å²) in [5.74, 6) is 5.28. The number of carboxylic acids is 1. The second-order valence-corrected chi connectivity index (χ2v) is 6.57. The zero-order valence-electron chi connectivity index (χ0n) is 13.6. The largest absolute Gasteiger partial charge is 0.478 e. The molecule has 0 saturated heterocycles. The Bertz CT molecular complexity index is 1170. The van der Waals surface area contributed by atoms with Crippen LogP contribution in [0.15, 0.2) is 72.2 Å². The average molecular weight is 355 g/mol. The van der Waals surface area contributed by atoms with Crippen LogP contribution >= 0.6 is 11.3 Å². The average Bonchev–Trinajstić information content (AvgIpc) is 3.14. The van der Waals surface area contributed by atoms with Crippen molar-refractivity contribution in [3.63, 3.8) is 0 Å². The number of nitrogens with zero attached hydrogens (tertiary/aromatic N) is 1. The first-order valence-electron chi connectivity index (χ1n) is 7.99. The van der Waals surface area contributed by atoms with Gasteiger partial charge in [0.2, 0.25) is 0 Å². The summed E-state index contributed by atoms with van der Waals surface area (Å²) in [6.07, 6.45) is 0. The Balaban J connectivity index is 1.91. The van der Waals surface area contributed by atoms with Crippen LogP contribution in [0.4, 0.5) is 0 Å². The molecule has 0 radical (unpaired) electrons. The molecular formula is C22H13NO2S. The first kappa shape index (κ1) is 16.1. The summed E-state index contributed by atoms with van der Waals surface area (Å²) in [5.41, 5.74) is 5.87. The lowest BCUT2D eigenvalue weighted by atomic mass is 9.94. The van der Waals surface area contributed by atoms with E-state index < -0.39 is 5.97 Å². The van der Waals surface area contributed by atoms with Crippen LogP contribution in [-0.4, -0.2) is 16.1 Å². The molecule has 4 aromatic rings. The molecule has 0 aliphatic carbocycles. The molecule has 26 heavy (non-hydrogen) atoms. The number of carbonyl (C=O) groups is 1. The van der Waals surface area contributed by atoms with Crippen molar-refractivity contribution in [1.82, 2.24) is 4.98 Å². The van der Waals surface area contributed by atoms with Gasteiger partial charge in [0, 0.05) is 16.7 Å². The van der Waals surface area contributed by atoms with Crippen molar-refractivity contribution in [3.05, 3.63) is 88.9 Å². The lowest BCUT2D eigenvalue weighted by molar-refractivity contribution is 0.0697. The van der Waals surface area contributed by atoms with Gasteiger partial charge in [0.1, 0.15) is 0 Å². The van der Waals surface area contributed by atoms with Crippen molar-refractivity contribution in [2.24, 2.45) is 0 Å². The Morgan fingerprint density at radius 1 is 0.962 bits per heavy atom. The predicted molar refractivity (Wildman–Crippen MR) is 104 cm³/mol. The number of rotatable bonds is 2. The fourth-order valence-electron chi connectivity index (χ4n) is 2.82. The van der Waals surface area contributed by atoms with Gasteiger partial charge in [0.05, 0.1) is 21.3 Å². The number of benzene rings is 3. The van der Waals surface area contributed by atoms with Crippen LogP contribution in [0.2, 0.25) is 0 Å². The number of carboxylic acid groups (broad SMARTS) is 1. The number of aromatic carboxylic acids is 1. The molecule has 0 saturated carbocycles. The maximum atomic E-state index is 11.8. The van der Waals surface area contributed by atoms with Gasteiger partial charge in [0.25, 0.3) is 0 Å². The minimum atomic E-state index is -0.971. The fourth-order valence-corrected chi connectivity index (χ4v) is 3.48. The summed E-state index contributed by atoms with van der Waals surface area (Å²) in [7, 11) is 0. The molecule has 3 nitrogen and oxygen atoms in total. The number of thiazole rings is 1. The molecule has 0 amide bonds. The zero-order chi connectivity index (χ0) is 17.9. The molecule has 1 aromatic heterocycles. The Labute approximate surface area is 154 Å². The highest BCUT2D eigenvalue weighted by atomic mass is 32.1. The van der Waals surface area contributed by atoms with E-state index in [1.165, 1.54) is 0 Å².